The number of hydrogen-bond acceptors (Lipinski definition) is 2. The van der Waals surface area contributed by atoms with Crippen molar-refractivity contribution in [2.24, 2.45) is 4.99 Å². The summed E-state index contributed by atoms with van der Waals surface area (Å²) in [4.78, 5) is 3.89. The van der Waals surface area contributed by atoms with Crippen molar-refractivity contribution in [1.29, 1.82) is 0 Å². The van der Waals surface area contributed by atoms with E-state index in [1.807, 2.05) is 31.2 Å². The first-order chi connectivity index (χ1) is 5.79. The highest BCUT2D eigenvalue weighted by Gasteiger charge is 2.02. The number of hydroxylamine groups is 1. The average molecular weight is 164 g/mol. The molecule has 0 saturated carbocycles. The van der Waals surface area contributed by atoms with Crippen molar-refractivity contribution < 1.29 is 5.21 Å². The Morgan fingerprint density at radius 3 is 2.58 bits per heavy atom. The van der Waals surface area contributed by atoms with Crippen LogP contribution in [-0.2, 0) is 0 Å². The van der Waals surface area contributed by atoms with Gasteiger partial charge in [0.05, 0.1) is 0 Å². The maximum Gasteiger partial charge on any atom is 0.152 e. The Morgan fingerprint density at radius 2 is 2.08 bits per heavy atom. The predicted molar refractivity (Wildman–Crippen MR) is 48.6 cm³/mol. The van der Waals surface area contributed by atoms with E-state index >= 15 is 0 Å². The van der Waals surface area contributed by atoms with Crippen molar-refractivity contribution >= 4 is 5.84 Å². The third kappa shape index (κ3) is 1.62. The molecule has 0 spiro atoms. The third-order valence-corrected chi connectivity index (χ3v) is 1.73. The highest BCUT2D eigenvalue weighted by molar-refractivity contribution is 5.99. The number of amidine groups is 1. The van der Waals surface area contributed by atoms with Crippen LogP contribution in [0.4, 0.5) is 0 Å². The third-order valence-electron chi connectivity index (χ3n) is 1.73. The number of aryl methyl sites for hydroxylation is 1. The van der Waals surface area contributed by atoms with E-state index in [0.717, 1.165) is 11.1 Å². The SMILES string of the molecule is CN=C(NO)c1ccccc1C. The van der Waals surface area contributed by atoms with E-state index in [1.165, 1.54) is 0 Å². The van der Waals surface area contributed by atoms with Crippen LogP contribution in [0.2, 0.25) is 0 Å². The lowest BCUT2D eigenvalue weighted by molar-refractivity contribution is 0.235. The summed E-state index contributed by atoms with van der Waals surface area (Å²) in [5.41, 5.74) is 4.06. The van der Waals surface area contributed by atoms with Gasteiger partial charge in [-0.25, -0.2) is 0 Å². The second-order valence-electron chi connectivity index (χ2n) is 2.50. The van der Waals surface area contributed by atoms with Gasteiger partial charge in [-0.15, -0.1) is 0 Å². The van der Waals surface area contributed by atoms with E-state index in [0.29, 0.717) is 5.84 Å². The molecular formula is C9H12N2O. The molecule has 0 aliphatic carbocycles. The highest BCUT2D eigenvalue weighted by Crippen LogP contribution is 2.06. The molecule has 0 atom stereocenters. The quantitative estimate of drug-likeness (QED) is 0.374. The molecule has 3 heteroatoms. The first kappa shape index (κ1) is 8.74. The van der Waals surface area contributed by atoms with Crippen LogP contribution in [0.15, 0.2) is 29.3 Å². The largest absolute Gasteiger partial charge is 0.290 e. The second-order valence-corrected chi connectivity index (χ2v) is 2.50. The minimum Gasteiger partial charge on any atom is -0.290 e. The fourth-order valence-electron chi connectivity index (χ4n) is 1.07. The van der Waals surface area contributed by atoms with Gasteiger partial charge < -0.3 is 0 Å². The molecule has 2 N–H and O–H groups in total. The van der Waals surface area contributed by atoms with Crippen LogP contribution < -0.4 is 5.48 Å². The lowest BCUT2D eigenvalue weighted by Gasteiger charge is -2.05. The zero-order valence-electron chi connectivity index (χ0n) is 7.20. The fraction of sp³-hybridized carbons (Fsp3) is 0.222. The van der Waals surface area contributed by atoms with Gasteiger partial charge in [0.15, 0.2) is 5.84 Å². The van der Waals surface area contributed by atoms with Crippen molar-refractivity contribution in [2.75, 3.05) is 7.05 Å². The second kappa shape index (κ2) is 3.88. The summed E-state index contributed by atoms with van der Waals surface area (Å²) in [5.74, 6) is 0.494. The molecule has 0 bridgehead atoms. The van der Waals surface area contributed by atoms with Crippen LogP contribution >= 0.6 is 0 Å². The van der Waals surface area contributed by atoms with E-state index in [4.69, 9.17) is 5.21 Å². The van der Waals surface area contributed by atoms with Gasteiger partial charge in [-0.3, -0.25) is 15.7 Å². The number of hydrogen-bond donors (Lipinski definition) is 2. The summed E-state index contributed by atoms with van der Waals surface area (Å²) < 4.78 is 0. The summed E-state index contributed by atoms with van der Waals surface area (Å²) in [6, 6.07) is 7.73. The van der Waals surface area contributed by atoms with Gasteiger partial charge in [0.25, 0.3) is 0 Å². The van der Waals surface area contributed by atoms with Crippen molar-refractivity contribution in [2.45, 2.75) is 6.92 Å². The monoisotopic (exact) mass is 164 g/mol. The molecule has 12 heavy (non-hydrogen) atoms. The van der Waals surface area contributed by atoms with Gasteiger partial charge in [-0.2, -0.15) is 0 Å². The maximum atomic E-state index is 8.72. The first-order valence-corrected chi connectivity index (χ1v) is 3.72. The summed E-state index contributed by atoms with van der Waals surface area (Å²) in [6.45, 7) is 1.97. The number of aliphatic imine (C=N–C) groups is 1. The molecule has 0 fully saturated rings. The van der Waals surface area contributed by atoms with Gasteiger partial charge in [0.1, 0.15) is 0 Å². The Hall–Kier alpha value is -1.35. The smallest absolute Gasteiger partial charge is 0.152 e. The van der Waals surface area contributed by atoms with Gasteiger partial charge in [-0.05, 0) is 12.5 Å². The number of nitrogens with zero attached hydrogens (tertiary/aromatic N) is 1. The normalized spacial score (nSPS) is 11.4. The minimum atomic E-state index is 0.494. The molecule has 0 radical (unpaired) electrons. The molecule has 3 nitrogen and oxygen atoms in total. The van der Waals surface area contributed by atoms with Gasteiger partial charge in [-0.1, -0.05) is 24.3 Å². The molecule has 1 aromatic rings. The first-order valence-electron chi connectivity index (χ1n) is 3.72. The molecule has 0 amide bonds. The Labute approximate surface area is 71.7 Å². The summed E-state index contributed by atoms with van der Waals surface area (Å²) in [6.07, 6.45) is 0. The Morgan fingerprint density at radius 1 is 1.42 bits per heavy atom. The van der Waals surface area contributed by atoms with Crippen molar-refractivity contribution in [3.63, 3.8) is 0 Å². The van der Waals surface area contributed by atoms with Gasteiger partial charge in [0, 0.05) is 12.6 Å². The molecule has 0 unspecified atom stereocenters. The number of benzene rings is 1. The molecule has 0 saturated heterocycles. The zero-order chi connectivity index (χ0) is 8.97. The molecule has 1 aromatic carbocycles. The minimum absolute atomic E-state index is 0.494. The van der Waals surface area contributed by atoms with E-state index in [2.05, 4.69) is 10.5 Å². The van der Waals surface area contributed by atoms with Crippen LogP contribution in [0, 0.1) is 6.92 Å². The average Bonchev–Trinajstić information content (AvgIpc) is 2.10. The standard InChI is InChI=1S/C9H12N2O/c1-7-5-3-4-6-8(7)9(10-2)11-12/h3-6,12H,1-2H3,(H,10,11). The van der Waals surface area contributed by atoms with Crippen LogP contribution in [-0.4, -0.2) is 18.1 Å². The molecule has 64 valence electrons. The molecule has 0 heterocycles. The maximum absolute atomic E-state index is 8.72. The lowest BCUT2D eigenvalue weighted by atomic mass is 10.1. The Bertz CT molecular complexity index is 294. The fourth-order valence-corrected chi connectivity index (χ4v) is 1.07. The summed E-state index contributed by atoms with van der Waals surface area (Å²) in [5, 5.41) is 8.72. The van der Waals surface area contributed by atoms with Gasteiger partial charge >= 0.3 is 0 Å². The van der Waals surface area contributed by atoms with E-state index < -0.39 is 0 Å². The van der Waals surface area contributed by atoms with E-state index in [-0.39, 0.29) is 0 Å². The number of nitrogens with one attached hydrogen (secondary N) is 1. The number of rotatable bonds is 1. The molecule has 0 aliphatic rings. The van der Waals surface area contributed by atoms with Crippen LogP contribution in [0.5, 0.6) is 0 Å². The van der Waals surface area contributed by atoms with E-state index in [9.17, 15) is 0 Å². The van der Waals surface area contributed by atoms with Crippen LogP contribution in [0.25, 0.3) is 0 Å². The zero-order valence-corrected chi connectivity index (χ0v) is 7.20. The molecular weight excluding hydrogens is 152 g/mol. The molecule has 0 aromatic heterocycles. The van der Waals surface area contributed by atoms with Crippen LogP contribution in [0.3, 0.4) is 0 Å². The predicted octanol–water partition coefficient (Wildman–Crippen LogP) is 1.35. The van der Waals surface area contributed by atoms with E-state index in [1.54, 1.807) is 7.05 Å². The Kier molecular flexibility index (Phi) is 2.82. The van der Waals surface area contributed by atoms with Crippen molar-refractivity contribution in [3.05, 3.63) is 35.4 Å². The summed E-state index contributed by atoms with van der Waals surface area (Å²) in [7, 11) is 1.63. The summed E-state index contributed by atoms with van der Waals surface area (Å²) >= 11 is 0. The molecule has 1 rings (SSSR count). The highest BCUT2D eigenvalue weighted by atomic mass is 16.5. The van der Waals surface area contributed by atoms with Crippen LogP contribution in [0.1, 0.15) is 11.1 Å². The molecule has 0 aliphatic heterocycles. The lowest BCUT2D eigenvalue weighted by Crippen LogP contribution is -2.20. The van der Waals surface area contributed by atoms with Crippen molar-refractivity contribution in [3.8, 4) is 0 Å². The van der Waals surface area contributed by atoms with Crippen molar-refractivity contribution in [1.82, 2.24) is 5.48 Å². The Balaban J connectivity index is 3.10. The topological polar surface area (TPSA) is 44.6 Å². The van der Waals surface area contributed by atoms with Gasteiger partial charge in [0.2, 0.25) is 0 Å².